The summed E-state index contributed by atoms with van der Waals surface area (Å²) in [5.74, 6) is -4.01. The van der Waals surface area contributed by atoms with Crippen molar-refractivity contribution in [2.24, 2.45) is 29.6 Å². The lowest BCUT2D eigenvalue weighted by molar-refractivity contribution is -0.128. The summed E-state index contributed by atoms with van der Waals surface area (Å²) < 4.78 is 7.18. The van der Waals surface area contributed by atoms with Gasteiger partial charge in [0.2, 0.25) is 23.6 Å². The Morgan fingerprint density at radius 1 is 0.804 bits per heavy atom. The molecule has 3 fully saturated rings. The molecule has 8 nitrogen and oxygen atoms in total. The molecule has 3 heterocycles. The number of benzene rings is 4. The SMILES string of the molecule is O=C1C2CC=C3C(CC4C(=O)N(c5cccc(Cl)c5)C(=O)C4(c4ccccc4)C3C3=COc4ccc(O)cc4C3)C2C(=O)N1c1ccc(I)cc1. The van der Waals surface area contributed by atoms with E-state index in [2.05, 4.69) is 22.6 Å². The Balaban J connectivity index is 1.25. The molecular weight excluding hydrogens is 779 g/mol. The second-order valence-electron chi connectivity index (χ2n) is 13.9. The molecule has 4 aromatic rings. The Morgan fingerprint density at radius 2 is 1.59 bits per heavy atom. The lowest BCUT2D eigenvalue weighted by atomic mass is 9.48. The van der Waals surface area contributed by atoms with E-state index in [9.17, 15) is 19.5 Å². The van der Waals surface area contributed by atoms with Crippen LogP contribution in [0.15, 0.2) is 121 Å². The maximum absolute atomic E-state index is 15.4. The molecule has 0 spiro atoms. The van der Waals surface area contributed by atoms with Crippen LogP contribution < -0.4 is 14.5 Å². The molecule has 254 valence electrons. The molecule has 0 bridgehead atoms. The first kappa shape index (κ1) is 32.2. The highest BCUT2D eigenvalue weighted by atomic mass is 127. The van der Waals surface area contributed by atoms with Gasteiger partial charge in [-0.1, -0.05) is 59.6 Å². The van der Waals surface area contributed by atoms with Crippen LogP contribution in [0.1, 0.15) is 24.0 Å². The van der Waals surface area contributed by atoms with E-state index in [1.165, 1.54) is 9.80 Å². The van der Waals surface area contributed by atoms with Crippen molar-refractivity contribution < 1.29 is 29.0 Å². The summed E-state index contributed by atoms with van der Waals surface area (Å²) in [5.41, 5.74) is 2.51. The quantitative estimate of drug-likeness (QED) is 0.131. The van der Waals surface area contributed by atoms with Gasteiger partial charge < -0.3 is 9.84 Å². The normalized spacial score (nSPS) is 28.0. The van der Waals surface area contributed by atoms with Crippen molar-refractivity contribution in [3.05, 3.63) is 140 Å². The largest absolute Gasteiger partial charge is 0.508 e. The molecular formula is C41H30ClIN2O6. The molecule has 2 saturated heterocycles. The van der Waals surface area contributed by atoms with E-state index >= 15 is 4.79 Å². The van der Waals surface area contributed by atoms with Crippen molar-refractivity contribution in [3.8, 4) is 11.5 Å². The Morgan fingerprint density at radius 3 is 2.35 bits per heavy atom. The fourth-order valence-corrected chi connectivity index (χ4v) is 9.95. The molecule has 3 aliphatic heterocycles. The van der Waals surface area contributed by atoms with Crippen LogP contribution in [0.2, 0.25) is 5.02 Å². The van der Waals surface area contributed by atoms with Crippen LogP contribution in [0, 0.1) is 33.2 Å². The van der Waals surface area contributed by atoms with E-state index in [0.717, 1.165) is 20.3 Å². The third-order valence-corrected chi connectivity index (χ3v) is 12.4. The smallest absolute Gasteiger partial charge is 0.246 e. The molecule has 10 heteroatoms. The van der Waals surface area contributed by atoms with Gasteiger partial charge in [-0.2, -0.15) is 0 Å². The molecule has 5 aliphatic rings. The third kappa shape index (κ3) is 4.70. The maximum atomic E-state index is 15.4. The van der Waals surface area contributed by atoms with Crippen molar-refractivity contribution >= 4 is 69.2 Å². The predicted molar refractivity (Wildman–Crippen MR) is 199 cm³/mol. The molecule has 2 aliphatic carbocycles. The number of allylic oxidation sites excluding steroid dienone is 3. The number of ether oxygens (including phenoxy) is 1. The van der Waals surface area contributed by atoms with E-state index in [0.29, 0.717) is 40.6 Å². The highest BCUT2D eigenvalue weighted by Crippen LogP contribution is 2.64. The first-order valence-electron chi connectivity index (χ1n) is 16.9. The number of imide groups is 2. The number of hydrogen-bond acceptors (Lipinski definition) is 6. The van der Waals surface area contributed by atoms with Gasteiger partial charge in [0.05, 0.1) is 40.8 Å². The third-order valence-electron chi connectivity index (χ3n) is 11.4. The number of hydrogen-bond donors (Lipinski definition) is 1. The number of fused-ring (bicyclic) bond motifs is 5. The van der Waals surface area contributed by atoms with Gasteiger partial charge in [0, 0.05) is 26.5 Å². The molecule has 0 aromatic heterocycles. The highest BCUT2D eigenvalue weighted by molar-refractivity contribution is 14.1. The minimum Gasteiger partial charge on any atom is -0.508 e. The summed E-state index contributed by atoms with van der Waals surface area (Å²) in [5, 5.41) is 10.8. The summed E-state index contributed by atoms with van der Waals surface area (Å²) in [6, 6.07) is 28.3. The minimum atomic E-state index is -1.40. The van der Waals surface area contributed by atoms with Gasteiger partial charge in [0.15, 0.2) is 0 Å². The summed E-state index contributed by atoms with van der Waals surface area (Å²) in [7, 11) is 0. The van der Waals surface area contributed by atoms with E-state index in [1.807, 2.05) is 48.5 Å². The Labute approximate surface area is 312 Å². The summed E-state index contributed by atoms with van der Waals surface area (Å²) in [4.78, 5) is 61.5. The van der Waals surface area contributed by atoms with E-state index in [-0.39, 0.29) is 35.8 Å². The molecule has 1 N–H and O–H groups in total. The highest BCUT2D eigenvalue weighted by Gasteiger charge is 2.70. The lowest BCUT2D eigenvalue weighted by Gasteiger charge is -2.51. The van der Waals surface area contributed by atoms with Crippen LogP contribution in [0.5, 0.6) is 11.5 Å². The lowest BCUT2D eigenvalue weighted by Crippen LogP contribution is -2.55. The monoisotopic (exact) mass is 808 g/mol. The number of phenols is 1. The van der Waals surface area contributed by atoms with Crippen LogP contribution in [-0.2, 0) is 31.0 Å². The molecule has 1 saturated carbocycles. The summed E-state index contributed by atoms with van der Waals surface area (Å²) >= 11 is 8.61. The Hall–Kier alpha value is -4.74. The zero-order chi connectivity index (χ0) is 35.2. The number of nitrogens with zero attached hydrogens (tertiary/aromatic N) is 2. The second kappa shape index (κ2) is 11.9. The van der Waals surface area contributed by atoms with Gasteiger partial charge in [-0.25, -0.2) is 4.90 Å². The van der Waals surface area contributed by atoms with Crippen LogP contribution in [0.4, 0.5) is 11.4 Å². The van der Waals surface area contributed by atoms with E-state index in [4.69, 9.17) is 16.3 Å². The van der Waals surface area contributed by atoms with Gasteiger partial charge >= 0.3 is 0 Å². The predicted octanol–water partition coefficient (Wildman–Crippen LogP) is 7.37. The van der Waals surface area contributed by atoms with Crippen molar-refractivity contribution in [1.82, 2.24) is 0 Å². The van der Waals surface area contributed by atoms with Crippen molar-refractivity contribution in [1.29, 1.82) is 0 Å². The first-order valence-corrected chi connectivity index (χ1v) is 18.3. The second-order valence-corrected chi connectivity index (χ2v) is 15.5. The van der Waals surface area contributed by atoms with E-state index in [1.54, 1.807) is 60.9 Å². The number of rotatable bonds is 4. The Kier molecular flexibility index (Phi) is 7.52. The molecule has 6 unspecified atom stereocenters. The molecule has 9 rings (SSSR count). The number of anilines is 2. The molecule has 4 aromatic carbocycles. The van der Waals surface area contributed by atoms with Gasteiger partial charge in [-0.05, 0) is 113 Å². The van der Waals surface area contributed by atoms with Gasteiger partial charge in [-0.3, -0.25) is 24.1 Å². The number of amides is 4. The molecule has 0 radical (unpaired) electrons. The van der Waals surface area contributed by atoms with Crippen LogP contribution in [0.25, 0.3) is 0 Å². The summed E-state index contributed by atoms with van der Waals surface area (Å²) in [6.45, 7) is 0. The Bertz CT molecular complexity index is 2240. The van der Waals surface area contributed by atoms with Crippen LogP contribution in [-0.4, -0.2) is 28.7 Å². The maximum Gasteiger partial charge on any atom is 0.246 e. The number of carbonyl (C=O) groups excluding carboxylic acids is 4. The molecule has 51 heavy (non-hydrogen) atoms. The number of carbonyl (C=O) groups is 4. The van der Waals surface area contributed by atoms with Crippen molar-refractivity contribution in [3.63, 3.8) is 0 Å². The van der Waals surface area contributed by atoms with Crippen LogP contribution in [0.3, 0.4) is 0 Å². The molecule has 6 atom stereocenters. The first-order chi connectivity index (χ1) is 24.7. The van der Waals surface area contributed by atoms with E-state index < -0.39 is 35.0 Å². The topological polar surface area (TPSA) is 104 Å². The fraction of sp³-hybridized carbons (Fsp3) is 0.220. The number of aromatic hydroxyl groups is 1. The minimum absolute atomic E-state index is 0.0838. The van der Waals surface area contributed by atoms with Crippen molar-refractivity contribution in [2.45, 2.75) is 24.7 Å². The summed E-state index contributed by atoms with van der Waals surface area (Å²) in [6.07, 6.45) is 4.57. The standard InChI is InChI=1S/C41H30ClIN2O6/c42-25-7-4-8-28(19-25)45-38(48)33-20-32-30(14-15-31-35(32)39(49)44(37(31)47)27-11-9-26(43)10-12-27)36(41(33,40(45)50)24-5-2-1-3-6-24)23-17-22-18-29(46)13-16-34(22)51-21-23/h1-14,16,18-19,21,31-33,35-36,46H,15,17,20H2. The zero-order valence-electron chi connectivity index (χ0n) is 27.0. The van der Waals surface area contributed by atoms with Gasteiger partial charge in [-0.15, -0.1) is 0 Å². The number of phenolic OH excluding ortho intramolecular Hbond substituents is 1. The van der Waals surface area contributed by atoms with Gasteiger partial charge in [0.25, 0.3) is 0 Å². The average Bonchev–Trinajstić information content (AvgIpc) is 3.52. The average molecular weight is 809 g/mol. The van der Waals surface area contributed by atoms with Crippen LogP contribution >= 0.6 is 34.2 Å². The fourth-order valence-electron chi connectivity index (χ4n) is 9.40. The zero-order valence-corrected chi connectivity index (χ0v) is 30.0. The number of halogens is 2. The van der Waals surface area contributed by atoms with Gasteiger partial charge in [0.1, 0.15) is 11.5 Å². The molecule has 4 amide bonds. The van der Waals surface area contributed by atoms with Crippen molar-refractivity contribution in [2.75, 3.05) is 9.80 Å².